The fourth-order valence-corrected chi connectivity index (χ4v) is 5.83. The maximum absolute atomic E-state index is 12.7. The molecule has 0 amide bonds. The van der Waals surface area contributed by atoms with E-state index in [1.165, 1.54) is 0 Å². The van der Waals surface area contributed by atoms with E-state index in [2.05, 4.69) is 15.3 Å². The van der Waals surface area contributed by atoms with E-state index in [1.807, 2.05) is 32.0 Å². The number of para-hydroxylation sites is 1. The molecule has 160 valence electrons. The summed E-state index contributed by atoms with van der Waals surface area (Å²) < 4.78 is 28.9. The fraction of sp³-hybridized carbons (Fsp3) is 0.619. The average molecular weight is 421 g/mol. The monoisotopic (exact) mass is 421 g/mol. The Kier molecular flexibility index (Phi) is 7.87. The molecule has 29 heavy (non-hydrogen) atoms. The van der Waals surface area contributed by atoms with Crippen LogP contribution in [0, 0.1) is 5.92 Å². The molecule has 1 aliphatic rings. The Morgan fingerprint density at radius 1 is 1.10 bits per heavy atom. The number of anilines is 1. The van der Waals surface area contributed by atoms with Crippen molar-refractivity contribution >= 4 is 24.3 Å². The third kappa shape index (κ3) is 5.68. The predicted octanol–water partition coefficient (Wildman–Crippen LogP) is 5.27. The van der Waals surface area contributed by atoms with Gasteiger partial charge in [0.05, 0.1) is 26.5 Å². The molecule has 1 aliphatic carbocycles. The molecule has 3 rings (SSSR count). The molecule has 0 spiro atoms. The minimum atomic E-state index is -2.94. The Hall–Kier alpha value is -1.69. The molecule has 0 unspecified atom stereocenters. The number of fused-ring (bicyclic) bond motifs is 1. The van der Waals surface area contributed by atoms with E-state index in [0.717, 1.165) is 54.6 Å². The SMILES string of the molecule is CCOP(=O)(CCC1CCC(Nc2ncnc3c(OC)cccc23)CC1)OCC. The molecule has 1 aromatic heterocycles. The van der Waals surface area contributed by atoms with Crippen molar-refractivity contribution in [3.63, 3.8) is 0 Å². The number of hydrogen-bond donors (Lipinski definition) is 1. The number of rotatable bonds is 10. The minimum Gasteiger partial charge on any atom is -0.494 e. The lowest BCUT2D eigenvalue weighted by molar-refractivity contribution is 0.216. The third-order valence-corrected chi connectivity index (χ3v) is 7.61. The largest absolute Gasteiger partial charge is 0.494 e. The molecule has 1 N–H and O–H groups in total. The van der Waals surface area contributed by atoms with Gasteiger partial charge in [-0.25, -0.2) is 9.97 Å². The number of nitrogens with zero attached hydrogens (tertiary/aromatic N) is 2. The first-order valence-electron chi connectivity index (χ1n) is 10.5. The minimum absolute atomic E-state index is 0.376. The van der Waals surface area contributed by atoms with Gasteiger partial charge in [-0.05, 0) is 64.0 Å². The lowest BCUT2D eigenvalue weighted by Gasteiger charge is -2.30. The van der Waals surface area contributed by atoms with Crippen molar-refractivity contribution in [3.8, 4) is 5.75 Å². The number of benzene rings is 1. The number of aromatic nitrogens is 2. The average Bonchev–Trinajstić information content (AvgIpc) is 2.73. The van der Waals surface area contributed by atoms with Gasteiger partial charge in [-0.1, -0.05) is 6.07 Å². The van der Waals surface area contributed by atoms with Crippen molar-refractivity contribution < 1.29 is 18.3 Å². The first kappa shape index (κ1) is 22.0. The number of methoxy groups -OCH3 is 1. The highest BCUT2D eigenvalue weighted by molar-refractivity contribution is 7.53. The Morgan fingerprint density at radius 3 is 2.48 bits per heavy atom. The van der Waals surface area contributed by atoms with Crippen LogP contribution in [0.2, 0.25) is 0 Å². The van der Waals surface area contributed by atoms with E-state index in [9.17, 15) is 4.57 Å². The molecule has 7 nitrogen and oxygen atoms in total. The molecule has 0 aliphatic heterocycles. The quantitative estimate of drug-likeness (QED) is 0.524. The highest BCUT2D eigenvalue weighted by Crippen LogP contribution is 2.49. The fourth-order valence-electron chi connectivity index (χ4n) is 4.03. The Balaban J connectivity index is 1.55. The van der Waals surface area contributed by atoms with E-state index >= 15 is 0 Å². The molecular weight excluding hydrogens is 389 g/mol. The van der Waals surface area contributed by atoms with Gasteiger partial charge in [-0.2, -0.15) is 0 Å². The molecule has 1 saturated carbocycles. The van der Waals surface area contributed by atoms with Crippen LogP contribution in [0.3, 0.4) is 0 Å². The molecule has 0 saturated heterocycles. The van der Waals surface area contributed by atoms with Crippen LogP contribution in [-0.2, 0) is 13.6 Å². The van der Waals surface area contributed by atoms with Crippen molar-refractivity contribution in [2.24, 2.45) is 5.92 Å². The van der Waals surface area contributed by atoms with Gasteiger partial charge < -0.3 is 19.1 Å². The summed E-state index contributed by atoms with van der Waals surface area (Å²) in [5.41, 5.74) is 0.823. The summed E-state index contributed by atoms with van der Waals surface area (Å²) in [5, 5.41) is 4.57. The van der Waals surface area contributed by atoms with Gasteiger partial charge >= 0.3 is 7.60 Å². The summed E-state index contributed by atoms with van der Waals surface area (Å²) in [6.45, 7) is 4.56. The van der Waals surface area contributed by atoms with Crippen LogP contribution < -0.4 is 10.1 Å². The smallest absolute Gasteiger partial charge is 0.330 e. The molecule has 0 radical (unpaired) electrons. The van der Waals surface area contributed by atoms with Crippen LogP contribution in [0.25, 0.3) is 10.9 Å². The second-order valence-electron chi connectivity index (χ2n) is 7.40. The number of ether oxygens (including phenoxy) is 1. The Morgan fingerprint density at radius 2 is 1.83 bits per heavy atom. The Labute approximate surface area is 173 Å². The summed E-state index contributed by atoms with van der Waals surface area (Å²) in [5.74, 6) is 2.17. The molecule has 0 bridgehead atoms. The highest BCUT2D eigenvalue weighted by atomic mass is 31.2. The zero-order chi connectivity index (χ0) is 20.7. The summed E-state index contributed by atoms with van der Waals surface area (Å²) >= 11 is 0. The lowest BCUT2D eigenvalue weighted by atomic mass is 9.84. The van der Waals surface area contributed by atoms with Gasteiger partial charge in [0.1, 0.15) is 23.4 Å². The first-order valence-corrected chi connectivity index (χ1v) is 12.2. The van der Waals surface area contributed by atoms with Crippen LogP contribution >= 0.6 is 7.60 Å². The highest BCUT2D eigenvalue weighted by Gasteiger charge is 2.28. The van der Waals surface area contributed by atoms with Crippen LogP contribution in [0.4, 0.5) is 5.82 Å². The topological polar surface area (TPSA) is 82.6 Å². The molecule has 1 heterocycles. The normalized spacial score (nSPS) is 20.0. The molecule has 2 aromatic rings. The first-order chi connectivity index (χ1) is 14.1. The van der Waals surface area contributed by atoms with Gasteiger partial charge in [0.25, 0.3) is 0 Å². The van der Waals surface area contributed by atoms with Gasteiger partial charge in [-0.15, -0.1) is 0 Å². The number of hydrogen-bond acceptors (Lipinski definition) is 7. The van der Waals surface area contributed by atoms with E-state index in [4.69, 9.17) is 13.8 Å². The third-order valence-electron chi connectivity index (χ3n) is 5.50. The second-order valence-corrected chi connectivity index (χ2v) is 9.58. The summed E-state index contributed by atoms with van der Waals surface area (Å²) in [6, 6.07) is 6.26. The standard InChI is InChI=1S/C21H32N3O4P/c1-4-27-29(25,28-5-2)14-13-16-9-11-17(12-10-16)24-21-18-7-6-8-19(26-3)20(18)22-15-23-21/h6-8,15-17H,4-5,9-14H2,1-3H3,(H,22,23,24). The van der Waals surface area contributed by atoms with E-state index < -0.39 is 7.60 Å². The maximum Gasteiger partial charge on any atom is 0.330 e. The van der Waals surface area contributed by atoms with Gasteiger partial charge in [0.15, 0.2) is 0 Å². The second kappa shape index (κ2) is 10.4. The molecule has 0 atom stereocenters. The van der Waals surface area contributed by atoms with Crippen molar-refractivity contribution in [2.75, 3.05) is 31.8 Å². The van der Waals surface area contributed by atoms with Gasteiger partial charge in [0, 0.05) is 11.4 Å². The summed E-state index contributed by atoms with van der Waals surface area (Å²) in [6.07, 6.45) is 7.30. The van der Waals surface area contributed by atoms with E-state index in [1.54, 1.807) is 13.4 Å². The molecule has 8 heteroatoms. The predicted molar refractivity (Wildman–Crippen MR) is 116 cm³/mol. The van der Waals surface area contributed by atoms with Crippen LogP contribution in [-0.4, -0.2) is 42.5 Å². The molecule has 1 aromatic carbocycles. The van der Waals surface area contributed by atoms with Crippen LogP contribution in [0.1, 0.15) is 46.0 Å². The van der Waals surface area contributed by atoms with Gasteiger partial charge in [-0.3, -0.25) is 4.57 Å². The van der Waals surface area contributed by atoms with Crippen molar-refractivity contribution in [1.29, 1.82) is 0 Å². The van der Waals surface area contributed by atoms with E-state index in [-0.39, 0.29) is 0 Å². The van der Waals surface area contributed by atoms with Crippen molar-refractivity contribution in [1.82, 2.24) is 9.97 Å². The zero-order valence-electron chi connectivity index (χ0n) is 17.6. The number of nitrogens with one attached hydrogen (secondary N) is 1. The Bertz CT molecular complexity index is 830. The summed E-state index contributed by atoms with van der Waals surface area (Å²) in [7, 11) is -1.28. The maximum atomic E-state index is 12.7. The van der Waals surface area contributed by atoms with Gasteiger partial charge in [0.2, 0.25) is 0 Å². The lowest BCUT2D eigenvalue weighted by Crippen LogP contribution is -2.27. The van der Waals surface area contributed by atoms with Crippen molar-refractivity contribution in [3.05, 3.63) is 24.5 Å². The van der Waals surface area contributed by atoms with Crippen LogP contribution in [0.5, 0.6) is 5.75 Å². The molecule has 1 fully saturated rings. The van der Waals surface area contributed by atoms with Crippen LogP contribution in [0.15, 0.2) is 24.5 Å². The zero-order valence-corrected chi connectivity index (χ0v) is 18.5. The summed E-state index contributed by atoms with van der Waals surface area (Å²) in [4.78, 5) is 8.83. The van der Waals surface area contributed by atoms with Crippen molar-refractivity contribution in [2.45, 2.75) is 52.0 Å². The molecular formula is C21H32N3O4P. The van der Waals surface area contributed by atoms with E-state index in [0.29, 0.717) is 31.3 Å².